The summed E-state index contributed by atoms with van der Waals surface area (Å²) in [5.74, 6) is -1.38. The van der Waals surface area contributed by atoms with Gasteiger partial charge in [-0.15, -0.1) is 0 Å². The van der Waals surface area contributed by atoms with Gasteiger partial charge in [-0.05, 0) is 71.8 Å². The lowest BCUT2D eigenvalue weighted by molar-refractivity contribution is -0.127. The highest BCUT2D eigenvalue weighted by Crippen LogP contribution is 2.22. The number of hydrogen-bond acceptors (Lipinski definition) is 3. The Bertz CT molecular complexity index is 1530. The van der Waals surface area contributed by atoms with Crippen LogP contribution in [-0.2, 0) is 16.1 Å². The molecule has 0 bridgehead atoms. The third-order valence-corrected chi connectivity index (χ3v) is 5.99. The normalized spacial score (nSPS) is 14.5. The maximum absolute atomic E-state index is 13.5. The summed E-state index contributed by atoms with van der Waals surface area (Å²) in [7, 11) is 0. The number of rotatable bonds is 6. The molecule has 1 aromatic heterocycles. The molecular weight excluding hydrogens is 483 g/mol. The molecule has 0 spiro atoms. The Morgan fingerprint density at radius 2 is 1.83 bits per heavy atom. The molecule has 0 saturated carbocycles. The standard InChI is InChI=1S/C27H20ClFN4O3/c28-20-5-7-22(8-6-20)30-25(34)16-33-26(35)23(31-27(33)36)14-17-4-9-24-19(12-17)10-11-32(24)15-18-2-1-3-21(29)13-18/h1-14H,15-16H2,(H,30,34)(H,31,36)/b23-14+. The molecule has 1 fully saturated rings. The third kappa shape index (κ3) is 4.99. The molecular formula is C27H20ClFN4O3. The fourth-order valence-corrected chi connectivity index (χ4v) is 4.16. The smallest absolute Gasteiger partial charge is 0.329 e. The van der Waals surface area contributed by atoms with E-state index in [0.29, 0.717) is 22.8 Å². The first-order valence-electron chi connectivity index (χ1n) is 11.1. The van der Waals surface area contributed by atoms with Crippen molar-refractivity contribution in [1.29, 1.82) is 0 Å². The van der Waals surface area contributed by atoms with E-state index >= 15 is 0 Å². The molecule has 180 valence electrons. The van der Waals surface area contributed by atoms with Gasteiger partial charge in [0, 0.05) is 34.4 Å². The molecule has 7 nitrogen and oxygen atoms in total. The summed E-state index contributed by atoms with van der Waals surface area (Å²) in [5.41, 5.74) is 3.09. The van der Waals surface area contributed by atoms with Crippen molar-refractivity contribution >= 4 is 52.1 Å². The van der Waals surface area contributed by atoms with Crippen LogP contribution in [0, 0.1) is 5.82 Å². The van der Waals surface area contributed by atoms with Gasteiger partial charge in [-0.3, -0.25) is 9.59 Å². The van der Waals surface area contributed by atoms with Crippen molar-refractivity contribution < 1.29 is 18.8 Å². The molecule has 4 aromatic rings. The van der Waals surface area contributed by atoms with E-state index in [1.54, 1.807) is 36.4 Å². The van der Waals surface area contributed by atoms with Crippen molar-refractivity contribution in [2.24, 2.45) is 0 Å². The molecule has 1 aliphatic rings. The van der Waals surface area contributed by atoms with E-state index in [2.05, 4.69) is 10.6 Å². The van der Waals surface area contributed by atoms with Crippen LogP contribution in [0.2, 0.25) is 5.02 Å². The molecule has 0 aliphatic carbocycles. The van der Waals surface area contributed by atoms with Crippen LogP contribution in [0.3, 0.4) is 0 Å². The van der Waals surface area contributed by atoms with E-state index in [4.69, 9.17) is 11.6 Å². The van der Waals surface area contributed by atoms with Gasteiger partial charge in [-0.25, -0.2) is 14.1 Å². The molecule has 36 heavy (non-hydrogen) atoms. The zero-order valence-electron chi connectivity index (χ0n) is 18.9. The van der Waals surface area contributed by atoms with Gasteiger partial charge in [0.15, 0.2) is 0 Å². The highest BCUT2D eigenvalue weighted by molar-refractivity contribution is 6.30. The van der Waals surface area contributed by atoms with Crippen LogP contribution in [0.15, 0.2) is 84.7 Å². The zero-order valence-corrected chi connectivity index (χ0v) is 19.6. The van der Waals surface area contributed by atoms with Gasteiger partial charge in [0.25, 0.3) is 5.91 Å². The van der Waals surface area contributed by atoms with Crippen molar-refractivity contribution in [3.8, 4) is 0 Å². The Kier molecular flexibility index (Phi) is 6.26. The number of nitrogens with zero attached hydrogens (tertiary/aromatic N) is 2. The van der Waals surface area contributed by atoms with Crippen molar-refractivity contribution in [2.75, 3.05) is 11.9 Å². The Balaban J connectivity index is 1.29. The van der Waals surface area contributed by atoms with Gasteiger partial charge < -0.3 is 15.2 Å². The minimum atomic E-state index is -0.667. The fourth-order valence-electron chi connectivity index (χ4n) is 4.04. The number of carbonyl (C=O) groups is 3. The Morgan fingerprint density at radius 3 is 2.61 bits per heavy atom. The molecule has 1 aliphatic heterocycles. The van der Waals surface area contributed by atoms with E-state index in [-0.39, 0.29) is 11.5 Å². The van der Waals surface area contributed by atoms with Crippen molar-refractivity contribution in [1.82, 2.24) is 14.8 Å². The van der Waals surface area contributed by atoms with Crippen molar-refractivity contribution in [2.45, 2.75) is 6.54 Å². The summed E-state index contributed by atoms with van der Waals surface area (Å²) in [6, 6.07) is 19.8. The molecule has 0 radical (unpaired) electrons. The number of fused-ring (bicyclic) bond motifs is 1. The monoisotopic (exact) mass is 502 g/mol. The topological polar surface area (TPSA) is 83.4 Å². The van der Waals surface area contributed by atoms with E-state index in [1.165, 1.54) is 12.1 Å². The Hall–Kier alpha value is -4.43. The summed E-state index contributed by atoms with van der Waals surface area (Å²) >= 11 is 5.84. The number of urea groups is 1. The number of anilines is 1. The fraction of sp³-hybridized carbons (Fsp3) is 0.0741. The largest absolute Gasteiger partial charge is 0.343 e. The van der Waals surface area contributed by atoms with Crippen LogP contribution in [0.1, 0.15) is 11.1 Å². The number of benzene rings is 3. The van der Waals surface area contributed by atoms with Gasteiger partial charge in [-0.1, -0.05) is 29.8 Å². The van der Waals surface area contributed by atoms with Gasteiger partial charge >= 0.3 is 6.03 Å². The second-order valence-electron chi connectivity index (χ2n) is 8.33. The number of halogens is 2. The molecule has 2 N–H and O–H groups in total. The first kappa shape index (κ1) is 23.3. The molecule has 4 amide bonds. The average molecular weight is 503 g/mol. The zero-order chi connectivity index (χ0) is 25.2. The van der Waals surface area contributed by atoms with Crippen LogP contribution in [-0.4, -0.2) is 33.9 Å². The molecule has 0 atom stereocenters. The van der Waals surface area contributed by atoms with Gasteiger partial charge in [0.1, 0.15) is 18.1 Å². The quantitative estimate of drug-likeness (QED) is 0.287. The van der Waals surface area contributed by atoms with Gasteiger partial charge in [0.2, 0.25) is 5.91 Å². The first-order chi connectivity index (χ1) is 17.4. The van der Waals surface area contributed by atoms with E-state index in [1.807, 2.05) is 41.1 Å². The molecule has 3 aromatic carbocycles. The van der Waals surface area contributed by atoms with E-state index in [0.717, 1.165) is 21.4 Å². The highest BCUT2D eigenvalue weighted by atomic mass is 35.5. The SMILES string of the molecule is O=C(CN1C(=O)N/C(=C/c2ccc3c(ccn3Cc3cccc(F)c3)c2)C1=O)Nc1ccc(Cl)cc1. The van der Waals surface area contributed by atoms with Gasteiger partial charge in [-0.2, -0.15) is 0 Å². The minimum Gasteiger partial charge on any atom is -0.343 e. The number of carbonyl (C=O) groups excluding carboxylic acids is 3. The molecule has 1 saturated heterocycles. The predicted octanol–water partition coefficient (Wildman–Crippen LogP) is 5.01. The number of hydrogen-bond donors (Lipinski definition) is 2. The third-order valence-electron chi connectivity index (χ3n) is 5.74. The number of aromatic nitrogens is 1. The van der Waals surface area contributed by atoms with Crippen LogP contribution < -0.4 is 10.6 Å². The molecule has 2 heterocycles. The summed E-state index contributed by atoms with van der Waals surface area (Å²) in [5, 5.41) is 6.61. The predicted molar refractivity (Wildman–Crippen MR) is 136 cm³/mol. The van der Waals surface area contributed by atoms with Crippen molar-refractivity contribution in [3.63, 3.8) is 0 Å². The number of imide groups is 1. The maximum Gasteiger partial charge on any atom is 0.329 e. The van der Waals surface area contributed by atoms with Crippen LogP contribution >= 0.6 is 11.6 Å². The number of amides is 4. The summed E-state index contributed by atoms with van der Waals surface area (Å²) in [6.45, 7) is 0.0931. The molecule has 0 unspecified atom stereocenters. The van der Waals surface area contributed by atoms with Gasteiger partial charge in [0.05, 0.1) is 0 Å². The van der Waals surface area contributed by atoms with E-state index in [9.17, 15) is 18.8 Å². The lowest BCUT2D eigenvalue weighted by Crippen LogP contribution is -2.38. The molecule has 9 heteroatoms. The van der Waals surface area contributed by atoms with Crippen LogP contribution in [0.4, 0.5) is 14.9 Å². The lowest BCUT2D eigenvalue weighted by Gasteiger charge is -2.12. The summed E-state index contributed by atoms with van der Waals surface area (Å²) in [6.07, 6.45) is 3.48. The molecule has 5 rings (SSSR count). The second-order valence-corrected chi connectivity index (χ2v) is 8.76. The van der Waals surface area contributed by atoms with Crippen molar-refractivity contribution in [3.05, 3.63) is 107 Å². The Morgan fingerprint density at radius 1 is 1.03 bits per heavy atom. The van der Waals surface area contributed by atoms with Crippen LogP contribution in [0.5, 0.6) is 0 Å². The number of nitrogens with one attached hydrogen (secondary N) is 2. The maximum atomic E-state index is 13.5. The summed E-state index contributed by atoms with van der Waals surface area (Å²) in [4.78, 5) is 38.3. The lowest BCUT2D eigenvalue weighted by atomic mass is 10.1. The Labute approximate surface area is 210 Å². The minimum absolute atomic E-state index is 0.0813. The summed E-state index contributed by atoms with van der Waals surface area (Å²) < 4.78 is 15.5. The highest BCUT2D eigenvalue weighted by Gasteiger charge is 2.34. The average Bonchev–Trinajstić information content (AvgIpc) is 3.36. The second kappa shape index (κ2) is 9.67. The van der Waals surface area contributed by atoms with E-state index < -0.39 is 24.4 Å². The first-order valence-corrected chi connectivity index (χ1v) is 11.5. The van der Waals surface area contributed by atoms with Crippen LogP contribution in [0.25, 0.3) is 17.0 Å².